The van der Waals surface area contributed by atoms with Crippen LogP contribution in [0.1, 0.15) is 55.3 Å². The molecule has 24 heavy (non-hydrogen) atoms. The van der Waals surface area contributed by atoms with Crippen molar-refractivity contribution in [3.05, 3.63) is 28.8 Å². The number of ketones is 1. The number of benzene rings is 1. The molecule has 7 heteroatoms. The van der Waals surface area contributed by atoms with E-state index in [2.05, 4.69) is 5.32 Å². The zero-order valence-corrected chi connectivity index (χ0v) is 14.6. The molecule has 0 fully saturated rings. The molecule has 0 aromatic heterocycles. The Hall–Kier alpha value is -2.12. The summed E-state index contributed by atoms with van der Waals surface area (Å²) in [6.07, 6.45) is -3.36. The topological polar surface area (TPSA) is 116 Å². The summed E-state index contributed by atoms with van der Waals surface area (Å²) in [5.41, 5.74) is 0.293. The Morgan fingerprint density at radius 3 is 2.33 bits per heavy atom. The summed E-state index contributed by atoms with van der Waals surface area (Å²) in [5, 5.41) is 32.5. The molecule has 2 atom stereocenters. The molecule has 0 saturated carbocycles. The second-order valence-corrected chi connectivity index (χ2v) is 6.68. The summed E-state index contributed by atoms with van der Waals surface area (Å²) in [6.45, 7) is 7.87. The minimum Gasteiger partial charge on any atom is -0.507 e. The predicted octanol–water partition coefficient (Wildman–Crippen LogP) is 1.82. The van der Waals surface area contributed by atoms with Crippen LogP contribution in [0.3, 0.4) is 0 Å². The first-order valence-electron chi connectivity index (χ1n) is 7.60. The molecule has 0 radical (unpaired) electrons. The highest BCUT2D eigenvalue weighted by Crippen LogP contribution is 2.28. The van der Waals surface area contributed by atoms with Crippen molar-refractivity contribution in [3.63, 3.8) is 0 Å². The summed E-state index contributed by atoms with van der Waals surface area (Å²) in [7, 11) is 0. The van der Waals surface area contributed by atoms with Crippen molar-refractivity contribution in [2.24, 2.45) is 0 Å². The van der Waals surface area contributed by atoms with Gasteiger partial charge in [-0.1, -0.05) is 0 Å². The third-order valence-corrected chi connectivity index (χ3v) is 3.30. The Balaban J connectivity index is 2.79. The Morgan fingerprint density at radius 2 is 1.83 bits per heavy atom. The molecule has 1 amide bonds. The van der Waals surface area contributed by atoms with Crippen LogP contribution in [0.2, 0.25) is 0 Å². The number of amides is 1. The van der Waals surface area contributed by atoms with Gasteiger partial charge in [-0.05, 0) is 57.9 Å². The smallest absolute Gasteiger partial charge is 0.407 e. The van der Waals surface area contributed by atoms with Crippen molar-refractivity contribution in [3.8, 4) is 5.75 Å². The van der Waals surface area contributed by atoms with Gasteiger partial charge in [0.25, 0.3) is 0 Å². The third-order valence-electron chi connectivity index (χ3n) is 3.30. The van der Waals surface area contributed by atoms with Gasteiger partial charge in [0.2, 0.25) is 0 Å². The maximum Gasteiger partial charge on any atom is 0.407 e. The molecule has 1 aromatic rings. The van der Waals surface area contributed by atoms with Crippen LogP contribution < -0.4 is 5.32 Å². The van der Waals surface area contributed by atoms with Gasteiger partial charge in [0.05, 0.1) is 5.56 Å². The first-order chi connectivity index (χ1) is 10.9. The number of hydrogen-bond acceptors (Lipinski definition) is 6. The lowest BCUT2D eigenvalue weighted by Crippen LogP contribution is -2.39. The van der Waals surface area contributed by atoms with Gasteiger partial charge in [-0.3, -0.25) is 4.79 Å². The number of carbonyl (C=O) groups excluding carboxylic acids is 2. The minimum absolute atomic E-state index is 0.143. The van der Waals surface area contributed by atoms with Gasteiger partial charge in [0.15, 0.2) is 5.78 Å². The molecular weight excluding hydrogens is 314 g/mol. The molecule has 0 heterocycles. The highest BCUT2D eigenvalue weighted by Gasteiger charge is 2.24. The summed E-state index contributed by atoms with van der Waals surface area (Å²) < 4.78 is 5.04. The van der Waals surface area contributed by atoms with Crippen LogP contribution >= 0.6 is 0 Å². The quantitative estimate of drug-likeness (QED) is 0.608. The number of aromatic hydroxyl groups is 1. The second kappa shape index (κ2) is 7.63. The Labute approximate surface area is 141 Å². The van der Waals surface area contributed by atoms with Gasteiger partial charge in [-0.15, -0.1) is 0 Å². The van der Waals surface area contributed by atoms with Crippen molar-refractivity contribution < 1.29 is 29.6 Å². The number of aliphatic hydroxyl groups excluding tert-OH is 2. The summed E-state index contributed by atoms with van der Waals surface area (Å²) in [4.78, 5) is 23.0. The van der Waals surface area contributed by atoms with Crippen molar-refractivity contribution in [2.75, 3.05) is 6.54 Å². The number of carbonyl (C=O) groups is 2. The number of Topliss-reactive ketones (excluding diaryl/α,β-unsaturated/α-hetero) is 1. The van der Waals surface area contributed by atoms with E-state index in [1.54, 1.807) is 27.7 Å². The Bertz CT molecular complexity index is 620. The number of hydrogen-bond donors (Lipinski definition) is 4. The van der Waals surface area contributed by atoms with Crippen molar-refractivity contribution in [1.82, 2.24) is 5.32 Å². The zero-order valence-electron chi connectivity index (χ0n) is 14.6. The predicted molar refractivity (Wildman–Crippen MR) is 88.1 cm³/mol. The number of nitrogens with one attached hydrogen (secondary N) is 1. The number of phenolic OH excluding ortho intramolecular Hbond substituents is 1. The van der Waals surface area contributed by atoms with Crippen LogP contribution in [-0.4, -0.2) is 45.4 Å². The van der Waals surface area contributed by atoms with Gasteiger partial charge in [-0.2, -0.15) is 0 Å². The lowest BCUT2D eigenvalue weighted by atomic mass is 9.95. The Kier molecular flexibility index (Phi) is 6.34. The van der Waals surface area contributed by atoms with E-state index in [0.717, 1.165) is 0 Å². The van der Waals surface area contributed by atoms with Gasteiger partial charge in [0, 0.05) is 6.54 Å². The summed E-state index contributed by atoms with van der Waals surface area (Å²) in [6, 6.07) is 2.69. The molecule has 0 aliphatic heterocycles. The SMILES string of the molecule is CC(=O)c1cc(C)c(C(O)C(O)CNC(=O)OC(C)(C)C)cc1O. The molecule has 1 rings (SSSR count). The largest absolute Gasteiger partial charge is 0.507 e. The number of phenols is 1. The van der Waals surface area contributed by atoms with Gasteiger partial charge in [-0.25, -0.2) is 4.79 Å². The molecule has 134 valence electrons. The van der Waals surface area contributed by atoms with E-state index in [1.165, 1.54) is 19.1 Å². The fourth-order valence-electron chi connectivity index (χ4n) is 2.13. The van der Waals surface area contributed by atoms with Gasteiger partial charge < -0.3 is 25.4 Å². The standard InChI is InChI=1S/C17H25NO6/c1-9-6-12(10(2)19)13(20)7-11(9)15(22)14(21)8-18-16(23)24-17(3,4)5/h6-7,14-15,20-22H,8H2,1-5H3,(H,18,23). The fraction of sp³-hybridized carbons (Fsp3) is 0.529. The van der Waals surface area contributed by atoms with Gasteiger partial charge >= 0.3 is 6.09 Å². The molecule has 7 nitrogen and oxygen atoms in total. The van der Waals surface area contributed by atoms with Crippen LogP contribution in [0.5, 0.6) is 5.75 Å². The molecule has 1 aromatic carbocycles. The van der Waals surface area contributed by atoms with E-state index >= 15 is 0 Å². The maximum atomic E-state index is 11.6. The number of alkyl carbamates (subject to hydrolysis) is 1. The first-order valence-corrected chi connectivity index (χ1v) is 7.60. The number of rotatable bonds is 5. The average Bonchev–Trinajstić information content (AvgIpc) is 2.43. The van der Waals surface area contributed by atoms with E-state index in [4.69, 9.17) is 4.74 Å². The molecule has 0 aliphatic carbocycles. The summed E-state index contributed by atoms with van der Waals surface area (Å²) in [5.74, 6) is -0.571. The van der Waals surface area contributed by atoms with Crippen molar-refractivity contribution in [2.45, 2.75) is 52.4 Å². The normalized spacial score (nSPS) is 14.0. The molecule has 2 unspecified atom stereocenters. The molecule has 0 bridgehead atoms. The maximum absolute atomic E-state index is 11.6. The highest BCUT2D eigenvalue weighted by molar-refractivity contribution is 5.97. The van der Waals surface area contributed by atoms with Crippen LogP contribution in [0.4, 0.5) is 4.79 Å². The number of aryl methyl sites for hydroxylation is 1. The Morgan fingerprint density at radius 1 is 1.25 bits per heavy atom. The van der Waals surface area contributed by atoms with Crippen LogP contribution in [0.25, 0.3) is 0 Å². The third kappa shape index (κ3) is 5.50. The van der Waals surface area contributed by atoms with Crippen LogP contribution in [0.15, 0.2) is 12.1 Å². The molecule has 4 N–H and O–H groups in total. The van der Waals surface area contributed by atoms with Gasteiger partial charge in [0.1, 0.15) is 23.6 Å². The summed E-state index contributed by atoms with van der Waals surface area (Å²) >= 11 is 0. The van der Waals surface area contributed by atoms with E-state index in [9.17, 15) is 24.9 Å². The lowest BCUT2D eigenvalue weighted by Gasteiger charge is -2.23. The van der Waals surface area contributed by atoms with E-state index in [-0.39, 0.29) is 29.2 Å². The van der Waals surface area contributed by atoms with E-state index in [0.29, 0.717) is 5.56 Å². The average molecular weight is 339 g/mol. The first kappa shape index (κ1) is 19.9. The van der Waals surface area contributed by atoms with E-state index in [1.807, 2.05) is 0 Å². The molecule has 0 saturated heterocycles. The lowest BCUT2D eigenvalue weighted by molar-refractivity contribution is 0.0125. The van der Waals surface area contributed by atoms with Crippen LogP contribution in [-0.2, 0) is 4.74 Å². The van der Waals surface area contributed by atoms with E-state index < -0.39 is 23.9 Å². The molecule has 0 spiro atoms. The van der Waals surface area contributed by atoms with Crippen LogP contribution in [0, 0.1) is 6.92 Å². The molecule has 0 aliphatic rings. The zero-order chi connectivity index (χ0) is 18.7. The fourth-order valence-corrected chi connectivity index (χ4v) is 2.13. The van der Waals surface area contributed by atoms with Crippen molar-refractivity contribution >= 4 is 11.9 Å². The second-order valence-electron chi connectivity index (χ2n) is 6.68. The number of aliphatic hydroxyl groups is 2. The molecular formula is C17H25NO6. The van der Waals surface area contributed by atoms with Crippen molar-refractivity contribution in [1.29, 1.82) is 0 Å². The highest BCUT2D eigenvalue weighted by atomic mass is 16.6. The number of ether oxygens (including phenoxy) is 1. The minimum atomic E-state index is -1.34. The monoisotopic (exact) mass is 339 g/mol.